The first-order chi connectivity index (χ1) is 15.8. The summed E-state index contributed by atoms with van der Waals surface area (Å²) in [6, 6.07) is 16.6. The first-order valence-electron chi connectivity index (χ1n) is 10.8. The standard InChI is InChI=1S/C24H29N3O6/c1-18(12-13-25-24(30)33-17-20-10-6-3-7-11-20)14-23(29)26-16-22(28)21(27(31)32)15-19-8-4-2-5-9-19/h2-11,18,21H,12-17H2,1H3,(H,25,30)(H,26,29). The van der Waals surface area contributed by atoms with Gasteiger partial charge in [-0.3, -0.25) is 19.7 Å². The lowest BCUT2D eigenvalue weighted by Crippen LogP contribution is -2.40. The van der Waals surface area contributed by atoms with E-state index in [4.69, 9.17) is 4.74 Å². The molecule has 0 fully saturated rings. The quantitative estimate of drug-likeness (QED) is 0.353. The summed E-state index contributed by atoms with van der Waals surface area (Å²) in [5, 5.41) is 16.4. The van der Waals surface area contributed by atoms with E-state index < -0.39 is 29.4 Å². The fraction of sp³-hybridized carbons (Fsp3) is 0.375. The van der Waals surface area contributed by atoms with Gasteiger partial charge in [0.2, 0.25) is 11.7 Å². The number of hydrogen-bond donors (Lipinski definition) is 2. The second kappa shape index (κ2) is 13.6. The molecular formula is C24H29N3O6. The van der Waals surface area contributed by atoms with E-state index >= 15 is 0 Å². The van der Waals surface area contributed by atoms with Crippen LogP contribution in [0.4, 0.5) is 4.79 Å². The summed E-state index contributed by atoms with van der Waals surface area (Å²) >= 11 is 0. The number of nitro groups is 1. The molecule has 176 valence electrons. The van der Waals surface area contributed by atoms with Gasteiger partial charge < -0.3 is 15.4 Å². The predicted molar refractivity (Wildman–Crippen MR) is 122 cm³/mol. The van der Waals surface area contributed by atoms with Gasteiger partial charge in [-0.1, -0.05) is 67.6 Å². The number of carbonyl (C=O) groups is 3. The van der Waals surface area contributed by atoms with Crippen molar-refractivity contribution in [2.24, 2.45) is 5.92 Å². The van der Waals surface area contributed by atoms with Crippen LogP contribution in [0.25, 0.3) is 0 Å². The third-order valence-electron chi connectivity index (χ3n) is 5.01. The molecule has 2 aromatic rings. The molecule has 33 heavy (non-hydrogen) atoms. The topological polar surface area (TPSA) is 128 Å². The summed E-state index contributed by atoms with van der Waals surface area (Å²) in [7, 11) is 0. The Balaban J connectivity index is 1.64. The summed E-state index contributed by atoms with van der Waals surface area (Å²) in [6.45, 7) is 1.96. The fourth-order valence-electron chi connectivity index (χ4n) is 3.13. The molecule has 0 aliphatic carbocycles. The molecule has 0 aliphatic rings. The van der Waals surface area contributed by atoms with Crippen molar-refractivity contribution in [2.45, 2.75) is 38.8 Å². The lowest BCUT2D eigenvalue weighted by molar-refractivity contribution is -0.506. The zero-order chi connectivity index (χ0) is 24.1. The molecule has 2 amide bonds. The number of ketones is 1. The van der Waals surface area contributed by atoms with Crippen LogP contribution in [0.5, 0.6) is 0 Å². The van der Waals surface area contributed by atoms with Gasteiger partial charge in [0.15, 0.2) is 0 Å². The highest BCUT2D eigenvalue weighted by Gasteiger charge is 2.29. The molecule has 0 bridgehead atoms. The van der Waals surface area contributed by atoms with Crippen molar-refractivity contribution < 1.29 is 24.0 Å². The van der Waals surface area contributed by atoms with Crippen molar-refractivity contribution in [1.82, 2.24) is 10.6 Å². The molecule has 0 aliphatic heterocycles. The Morgan fingerprint density at radius 2 is 1.58 bits per heavy atom. The average molecular weight is 456 g/mol. The van der Waals surface area contributed by atoms with Gasteiger partial charge in [-0.05, 0) is 23.5 Å². The lowest BCUT2D eigenvalue weighted by atomic mass is 10.0. The van der Waals surface area contributed by atoms with Crippen LogP contribution in [0.2, 0.25) is 0 Å². The summed E-state index contributed by atoms with van der Waals surface area (Å²) in [6.07, 6.45) is 0.110. The molecule has 2 rings (SSSR count). The van der Waals surface area contributed by atoms with Gasteiger partial charge in [0.1, 0.15) is 6.61 Å². The molecule has 0 aromatic heterocycles. The van der Waals surface area contributed by atoms with E-state index in [1.165, 1.54) is 0 Å². The number of benzene rings is 2. The smallest absolute Gasteiger partial charge is 0.407 e. The van der Waals surface area contributed by atoms with Gasteiger partial charge in [0, 0.05) is 24.3 Å². The Morgan fingerprint density at radius 3 is 2.18 bits per heavy atom. The maximum atomic E-state index is 12.3. The molecule has 2 N–H and O–H groups in total. The molecule has 0 saturated carbocycles. The van der Waals surface area contributed by atoms with Gasteiger partial charge in [0.05, 0.1) is 6.54 Å². The maximum absolute atomic E-state index is 12.3. The molecule has 2 aromatic carbocycles. The zero-order valence-corrected chi connectivity index (χ0v) is 18.6. The molecule has 9 heteroatoms. The number of rotatable bonds is 13. The lowest BCUT2D eigenvalue weighted by Gasteiger charge is -2.13. The van der Waals surface area contributed by atoms with Gasteiger partial charge in [-0.25, -0.2) is 4.79 Å². The number of hydrogen-bond acceptors (Lipinski definition) is 6. The van der Waals surface area contributed by atoms with E-state index in [9.17, 15) is 24.5 Å². The summed E-state index contributed by atoms with van der Waals surface area (Å²) in [5.41, 5.74) is 1.57. The Bertz CT molecular complexity index is 920. The first-order valence-corrected chi connectivity index (χ1v) is 10.8. The monoisotopic (exact) mass is 455 g/mol. The molecule has 2 unspecified atom stereocenters. The van der Waals surface area contributed by atoms with E-state index in [0.29, 0.717) is 18.5 Å². The minimum Gasteiger partial charge on any atom is -0.445 e. The van der Waals surface area contributed by atoms with Crippen LogP contribution in [-0.4, -0.2) is 41.8 Å². The molecule has 0 heterocycles. The van der Waals surface area contributed by atoms with Crippen LogP contribution >= 0.6 is 0 Å². The number of nitrogens with one attached hydrogen (secondary N) is 2. The summed E-state index contributed by atoms with van der Waals surface area (Å²) in [5.74, 6) is -1.08. The van der Waals surface area contributed by atoms with Gasteiger partial charge in [-0.15, -0.1) is 0 Å². The number of nitrogens with zero attached hydrogens (tertiary/aromatic N) is 1. The third kappa shape index (κ3) is 9.94. The predicted octanol–water partition coefficient (Wildman–Crippen LogP) is 2.90. The van der Waals surface area contributed by atoms with Crippen LogP contribution in [0, 0.1) is 16.0 Å². The second-order valence-electron chi connectivity index (χ2n) is 7.82. The van der Waals surface area contributed by atoms with Crippen LogP contribution in [-0.2, 0) is 27.4 Å². The third-order valence-corrected chi connectivity index (χ3v) is 5.01. The second-order valence-corrected chi connectivity index (χ2v) is 7.82. The molecule has 9 nitrogen and oxygen atoms in total. The van der Waals surface area contributed by atoms with E-state index in [2.05, 4.69) is 10.6 Å². The highest BCUT2D eigenvalue weighted by Crippen LogP contribution is 2.08. The van der Waals surface area contributed by atoms with E-state index in [1.807, 2.05) is 37.3 Å². The maximum Gasteiger partial charge on any atom is 0.407 e. The van der Waals surface area contributed by atoms with Crippen molar-refractivity contribution >= 4 is 17.8 Å². The molecule has 0 saturated heterocycles. The van der Waals surface area contributed by atoms with Crippen molar-refractivity contribution in [3.05, 3.63) is 81.9 Å². The van der Waals surface area contributed by atoms with Crippen molar-refractivity contribution in [3.8, 4) is 0 Å². The summed E-state index contributed by atoms with van der Waals surface area (Å²) < 4.78 is 5.12. The SMILES string of the molecule is CC(CCNC(=O)OCc1ccccc1)CC(=O)NCC(=O)C(Cc1ccccc1)[N+](=O)[O-]. The largest absolute Gasteiger partial charge is 0.445 e. The molecular weight excluding hydrogens is 426 g/mol. The highest BCUT2D eigenvalue weighted by atomic mass is 16.6. The van der Waals surface area contributed by atoms with Crippen molar-refractivity contribution in [2.75, 3.05) is 13.1 Å². The Morgan fingerprint density at radius 1 is 0.970 bits per heavy atom. The van der Waals surface area contributed by atoms with Crippen LogP contribution in [0.3, 0.4) is 0 Å². The number of ether oxygens (including phenoxy) is 1. The molecule has 2 atom stereocenters. The Kier molecular flexibility index (Phi) is 10.5. The summed E-state index contributed by atoms with van der Waals surface area (Å²) in [4.78, 5) is 46.8. The van der Waals surface area contributed by atoms with Crippen LogP contribution in [0.15, 0.2) is 60.7 Å². The average Bonchev–Trinajstić information content (AvgIpc) is 2.81. The zero-order valence-electron chi connectivity index (χ0n) is 18.6. The normalized spacial score (nSPS) is 12.3. The van der Waals surface area contributed by atoms with E-state index in [1.54, 1.807) is 30.3 Å². The number of alkyl carbamates (subject to hydrolysis) is 1. The van der Waals surface area contributed by atoms with E-state index in [0.717, 1.165) is 5.56 Å². The van der Waals surface area contributed by atoms with Crippen LogP contribution in [0.1, 0.15) is 30.9 Å². The van der Waals surface area contributed by atoms with Crippen molar-refractivity contribution in [1.29, 1.82) is 0 Å². The minimum absolute atomic E-state index is 0.0228. The van der Waals surface area contributed by atoms with Gasteiger partial charge >= 0.3 is 6.09 Å². The van der Waals surface area contributed by atoms with E-state index in [-0.39, 0.29) is 31.3 Å². The van der Waals surface area contributed by atoms with Crippen LogP contribution < -0.4 is 10.6 Å². The fourth-order valence-corrected chi connectivity index (χ4v) is 3.13. The minimum atomic E-state index is -1.41. The highest BCUT2D eigenvalue weighted by molar-refractivity contribution is 5.89. The van der Waals surface area contributed by atoms with Gasteiger partial charge in [-0.2, -0.15) is 0 Å². The first kappa shape index (κ1) is 25.5. The Labute approximate surface area is 192 Å². The number of carbonyl (C=O) groups excluding carboxylic acids is 3. The number of Topliss-reactive ketones (excluding diaryl/α,β-unsaturated/α-hetero) is 1. The number of amides is 2. The molecule has 0 spiro atoms. The Hall–Kier alpha value is -3.75. The molecule has 0 radical (unpaired) electrons. The van der Waals surface area contributed by atoms with Crippen molar-refractivity contribution in [3.63, 3.8) is 0 Å². The van der Waals surface area contributed by atoms with Gasteiger partial charge in [0.25, 0.3) is 6.04 Å².